The number of aliphatic hydroxyl groups excluding tert-OH is 1. The lowest BCUT2D eigenvalue weighted by Crippen LogP contribution is -2.45. The molecule has 0 saturated carbocycles. The minimum absolute atomic E-state index is 0.0765. The summed E-state index contributed by atoms with van der Waals surface area (Å²) in [6.45, 7) is 3.58. The maximum atomic E-state index is 11.1. The number of rotatable bonds is 4. The van der Waals surface area contributed by atoms with Crippen LogP contribution in [0.2, 0.25) is 0 Å². The van der Waals surface area contributed by atoms with Crippen LogP contribution in [0, 0.1) is 0 Å². The second-order valence-electron chi connectivity index (χ2n) is 4.61. The number of anilines is 2. The van der Waals surface area contributed by atoms with E-state index in [9.17, 15) is 9.90 Å². The molecule has 0 fully saturated rings. The van der Waals surface area contributed by atoms with Gasteiger partial charge in [-0.2, -0.15) is 0 Å². The number of hydrogen-bond acceptors (Lipinski definition) is 4. The number of benzene rings is 1. The van der Waals surface area contributed by atoms with E-state index in [0.29, 0.717) is 11.4 Å². The number of aliphatic hydroxyl groups is 1. The van der Waals surface area contributed by atoms with Gasteiger partial charge in [-0.1, -0.05) is 0 Å². The summed E-state index contributed by atoms with van der Waals surface area (Å²) in [5.74, 6) is -1.03. The third kappa shape index (κ3) is 2.68. The average Bonchev–Trinajstić information content (AvgIpc) is 2.28. The molecule has 0 aliphatic rings. The van der Waals surface area contributed by atoms with Crippen LogP contribution >= 0.6 is 0 Å². The van der Waals surface area contributed by atoms with Gasteiger partial charge in [0, 0.05) is 12.7 Å². The van der Waals surface area contributed by atoms with Crippen LogP contribution in [-0.4, -0.2) is 35.4 Å². The van der Waals surface area contributed by atoms with E-state index in [1.807, 2.05) is 13.8 Å². The molecule has 0 heterocycles. The topological polar surface area (TPSA) is 86.8 Å². The van der Waals surface area contributed by atoms with Crippen LogP contribution in [0.25, 0.3) is 0 Å². The first-order valence-electron chi connectivity index (χ1n) is 5.27. The molecule has 0 radical (unpaired) electrons. The van der Waals surface area contributed by atoms with E-state index < -0.39 is 11.5 Å². The van der Waals surface area contributed by atoms with E-state index >= 15 is 0 Å². The average molecular weight is 238 g/mol. The molecule has 5 heteroatoms. The smallest absolute Gasteiger partial charge is 0.337 e. The van der Waals surface area contributed by atoms with Crippen LogP contribution in [0.4, 0.5) is 11.4 Å². The molecule has 1 aromatic carbocycles. The molecule has 0 aliphatic carbocycles. The molecule has 0 saturated heterocycles. The van der Waals surface area contributed by atoms with Crippen molar-refractivity contribution in [2.24, 2.45) is 0 Å². The highest BCUT2D eigenvalue weighted by Crippen LogP contribution is 2.27. The molecule has 0 spiro atoms. The van der Waals surface area contributed by atoms with Crippen LogP contribution < -0.4 is 10.6 Å². The maximum absolute atomic E-state index is 11.1. The van der Waals surface area contributed by atoms with Crippen LogP contribution in [0.1, 0.15) is 24.2 Å². The Bertz CT molecular complexity index is 430. The van der Waals surface area contributed by atoms with Crippen LogP contribution in [0.5, 0.6) is 0 Å². The Balaban J connectivity index is 3.26. The number of carboxylic acid groups (broad SMARTS) is 1. The Morgan fingerprint density at radius 1 is 1.47 bits per heavy atom. The summed E-state index contributed by atoms with van der Waals surface area (Å²) < 4.78 is 0. The van der Waals surface area contributed by atoms with E-state index in [0.717, 1.165) is 0 Å². The Hall–Kier alpha value is -1.75. The van der Waals surface area contributed by atoms with Gasteiger partial charge in [0.15, 0.2) is 0 Å². The monoisotopic (exact) mass is 238 g/mol. The molecule has 5 nitrogen and oxygen atoms in total. The van der Waals surface area contributed by atoms with Crippen LogP contribution in [0.15, 0.2) is 18.2 Å². The Labute approximate surface area is 100 Å². The molecule has 94 valence electrons. The molecule has 17 heavy (non-hydrogen) atoms. The number of nitrogen functional groups attached to an aromatic ring is 1. The molecule has 0 atom stereocenters. The molecular formula is C12H18N2O3. The molecule has 0 amide bonds. The number of carbonyl (C=O) groups is 1. The van der Waals surface area contributed by atoms with E-state index in [1.165, 1.54) is 6.07 Å². The highest BCUT2D eigenvalue weighted by molar-refractivity contribution is 5.95. The quantitative estimate of drug-likeness (QED) is 0.685. The SMILES string of the molecule is CN(c1ccc(N)cc1C(=O)O)C(C)(C)CO. The van der Waals surface area contributed by atoms with Crippen LogP contribution in [0.3, 0.4) is 0 Å². The zero-order chi connectivity index (χ0) is 13.2. The fourth-order valence-electron chi connectivity index (χ4n) is 1.45. The number of carboxylic acids is 1. The number of aromatic carboxylic acids is 1. The predicted molar refractivity (Wildman–Crippen MR) is 67.4 cm³/mol. The predicted octanol–water partition coefficient (Wildman–Crippen LogP) is 1.17. The number of likely N-dealkylation sites (N-methyl/N-ethyl adjacent to an activating group) is 1. The summed E-state index contributed by atoms with van der Waals surface area (Å²) in [5, 5.41) is 18.4. The molecule has 4 N–H and O–H groups in total. The third-order valence-electron chi connectivity index (χ3n) is 2.91. The highest BCUT2D eigenvalue weighted by atomic mass is 16.4. The largest absolute Gasteiger partial charge is 0.478 e. The van der Waals surface area contributed by atoms with Gasteiger partial charge in [0.1, 0.15) is 0 Å². The first-order chi connectivity index (χ1) is 7.79. The lowest BCUT2D eigenvalue weighted by Gasteiger charge is -2.36. The van der Waals surface area contributed by atoms with Crippen molar-refractivity contribution in [1.29, 1.82) is 0 Å². The highest BCUT2D eigenvalue weighted by Gasteiger charge is 2.26. The number of hydrogen-bond donors (Lipinski definition) is 3. The van der Waals surface area contributed by atoms with Gasteiger partial charge in [0.25, 0.3) is 0 Å². The van der Waals surface area contributed by atoms with Gasteiger partial charge in [-0.15, -0.1) is 0 Å². The first-order valence-corrected chi connectivity index (χ1v) is 5.27. The maximum Gasteiger partial charge on any atom is 0.337 e. The number of nitrogens with zero attached hydrogens (tertiary/aromatic N) is 1. The van der Waals surface area contributed by atoms with Crippen molar-refractivity contribution in [2.45, 2.75) is 19.4 Å². The van der Waals surface area contributed by atoms with Gasteiger partial charge >= 0.3 is 5.97 Å². The zero-order valence-corrected chi connectivity index (χ0v) is 10.3. The molecule has 1 aromatic rings. The Morgan fingerprint density at radius 3 is 2.53 bits per heavy atom. The van der Waals surface area contributed by atoms with Gasteiger partial charge < -0.3 is 20.8 Å². The lowest BCUT2D eigenvalue weighted by molar-refractivity contribution is 0.0697. The summed E-state index contributed by atoms with van der Waals surface area (Å²) in [4.78, 5) is 12.9. The van der Waals surface area contributed by atoms with Crippen molar-refractivity contribution in [3.63, 3.8) is 0 Å². The van der Waals surface area contributed by atoms with E-state index in [-0.39, 0.29) is 12.2 Å². The molecule has 0 bridgehead atoms. The van der Waals surface area contributed by atoms with E-state index in [4.69, 9.17) is 10.8 Å². The minimum Gasteiger partial charge on any atom is -0.478 e. The van der Waals surface area contributed by atoms with Crippen molar-refractivity contribution >= 4 is 17.3 Å². The molecule has 0 unspecified atom stereocenters. The molecule has 1 rings (SSSR count). The molecule has 0 aliphatic heterocycles. The van der Waals surface area contributed by atoms with Gasteiger partial charge in [-0.3, -0.25) is 0 Å². The van der Waals surface area contributed by atoms with Gasteiger partial charge in [0.05, 0.1) is 23.4 Å². The fraction of sp³-hybridized carbons (Fsp3) is 0.417. The summed E-state index contributed by atoms with van der Waals surface area (Å²) in [6, 6.07) is 4.71. The van der Waals surface area contributed by atoms with E-state index in [2.05, 4.69) is 0 Å². The molecular weight excluding hydrogens is 220 g/mol. The van der Waals surface area contributed by atoms with Crippen molar-refractivity contribution < 1.29 is 15.0 Å². The van der Waals surface area contributed by atoms with Gasteiger partial charge in [-0.25, -0.2) is 4.79 Å². The summed E-state index contributed by atoms with van der Waals surface area (Å²) >= 11 is 0. The summed E-state index contributed by atoms with van der Waals surface area (Å²) in [5.41, 5.74) is 6.10. The Morgan fingerprint density at radius 2 is 2.06 bits per heavy atom. The second-order valence-corrected chi connectivity index (χ2v) is 4.61. The second kappa shape index (κ2) is 4.63. The third-order valence-corrected chi connectivity index (χ3v) is 2.91. The fourth-order valence-corrected chi connectivity index (χ4v) is 1.45. The molecule has 0 aromatic heterocycles. The van der Waals surface area contributed by atoms with Crippen LogP contribution in [-0.2, 0) is 0 Å². The zero-order valence-electron chi connectivity index (χ0n) is 10.3. The normalized spacial score (nSPS) is 11.3. The van der Waals surface area contributed by atoms with Crippen molar-refractivity contribution in [1.82, 2.24) is 0 Å². The van der Waals surface area contributed by atoms with Gasteiger partial charge in [0.2, 0.25) is 0 Å². The summed E-state index contributed by atoms with van der Waals surface area (Å²) in [6.07, 6.45) is 0. The first kappa shape index (κ1) is 13.3. The van der Waals surface area contributed by atoms with E-state index in [1.54, 1.807) is 24.1 Å². The van der Waals surface area contributed by atoms with Crippen molar-refractivity contribution in [2.75, 3.05) is 24.3 Å². The summed E-state index contributed by atoms with van der Waals surface area (Å²) in [7, 11) is 1.74. The Kier molecular flexibility index (Phi) is 3.63. The lowest BCUT2D eigenvalue weighted by atomic mass is 10.0. The number of nitrogens with two attached hydrogens (primary N) is 1. The van der Waals surface area contributed by atoms with Crippen molar-refractivity contribution in [3.05, 3.63) is 23.8 Å². The minimum atomic E-state index is -1.03. The van der Waals surface area contributed by atoms with Crippen molar-refractivity contribution in [3.8, 4) is 0 Å². The van der Waals surface area contributed by atoms with Gasteiger partial charge in [-0.05, 0) is 32.0 Å². The standard InChI is InChI=1S/C12H18N2O3/c1-12(2,7-15)14(3)10-5-4-8(13)6-9(10)11(16)17/h4-6,15H,7,13H2,1-3H3,(H,16,17).